The van der Waals surface area contributed by atoms with Crippen LogP contribution in [0.4, 0.5) is 4.39 Å². The van der Waals surface area contributed by atoms with Gasteiger partial charge in [-0.1, -0.05) is 64.1 Å². The third-order valence-corrected chi connectivity index (χ3v) is 6.82. The van der Waals surface area contributed by atoms with Crippen LogP contribution in [0.1, 0.15) is 58.3 Å². The number of aromatic nitrogens is 4. The number of amides is 2. The highest BCUT2D eigenvalue weighted by Gasteiger charge is 2.42. The Morgan fingerprint density at radius 1 is 1.18 bits per heavy atom. The fraction of sp³-hybridized carbons (Fsp3) is 0.464. The van der Waals surface area contributed by atoms with E-state index in [1.54, 1.807) is 29.1 Å². The molecule has 10 heteroatoms. The lowest BCUT2D eigenvalue weighted by atomic mass is 9.93. The van der Waals surface area contributed by atoms with Crippen LogP contribution in [0, 0.1) is 11.7 Å². The average molecular weight is 523 g/mol. The van der Waals surface area contributed by atoms with Crippen molar-refractivity contribution in [2.24, 2.45) is 5.92 Å². The number of benzene rings is 1. The minimum atomic E-state index is -0.797. The van der Waals surface area contributed by atoms with Gasteiger partial charge in [0.15, 0.2) is 0 Å². The monoisotopic (exact) mass is 522 g/mol. The fourth-order valence-electron chi connectivity index (χ4n) is 4.65. The molecule has 3 heterocycles. The first-order chi connectivity index (χ1) is 18.0. The van der Waals surface area contributed by atoms with Gasteiger partial charge in [-0.15, -0.1) is 5.10 Å². The molecule has 1 aromatic carbocycles. The van der Waals surface area contributed by atoms with Crippen LogP contribution in [0.25, 0.3) is 11.1 Å². The summed E-state index contributed by atoms with van der Waals surface area (Å²) < 4.78 is 15.6. The molecule has 1 aliphatic heterocycles. The first-order valence-electron chi connectivity index (χ1n) is 12.8. The Hall–Kier alpha value is -3.66. The van der Waals surface area contributed by atoms with Crippen LogP contribution in [0.2, 0.25) is 0 Å². The van der Waals surface area contributed by atoms with Crippen molar-refractivity contribution in [1.82, 2.24) is 30.2 Å². The molecule has 1 saturated heterocycles. The number of hydrogen-bond donors (Lipinski definition) is 2. The Balaban J connectivity index is 1.45. The molecule has 0 unspecified atom stereocenters. The quantitative estimate of drug-likeness (QED) is 0.493. The van der Waals surface area contributed by atoms with Gasteiger partial charge in [0.2, 0.25) is 11.8 Å². The van der Waals surface area contributed by atoms with E-state index in [4.69, 9.17) is 0 Å². The van der Waals surface area contributed by atoms with Crippen molar-refractivity contribution in [2.45, 2.75) is 71.2 Å². The predicted octanol–water partition coefficient (Wildman–Crippen LogP) is 3.25. The van der Waals surface area contributed by atoms with Gasteiger partial charge in [-0.3, -0.25) is 14.6 Å². The second-order valence-electron chi connectivity index (χ2n) is 11.2. The first kappa shape index (κ1) is 27.4. The van der Waals surface area contributed by atoms with Crippen LogP contribution < -0.4 is 5.32 Å². The van der Waals surface area contributed by atoms with E-state index in [0.29, 0.717) is 11.1 Å². The number of aliphatic hydroxyl groups excluding tert-OH is 1. The standard InChI is InChI=1S/C28H35FN6O3/c1-17(2)25(35-16-24(32-33-35)28(3,4)5)27(38)34-15-20(36)12-23(34)26(37)31-13-18-6-8-19(9-7-18)21-10-11-30-14-22(21)29/h6-11,14,16-17,20,23,25,36H,12-13,15H2,1-5H3,(H,31,37)/t20-,23+,25+/m1/s1. The molecule has 4 rings (SSSR count). The highest BCUT2D eigenvalue weighted by Crippen LogP contribution is 2.28. The summed E-state index contributed by atoms with van der Waals surface area (Å²) >= 11 is 0. The Morgan fingerprint density at radius 3 is 2.50 bits per heavy atom. The summed E-state index contributed by atoms with van der Waals surface area (Å²) in [5, 5.41) is 21.7. The zero-order valence-electron chi connectivity index (χ0n) is 22.4. The van der Waals surface area contributed by atoms with Gasteiger partial charge in [0.05, 0.1) is 18.0 Å². The molecule has 0 bridgehead atoms. The molecular weight excluding hydrogens is 487 g/mol. The van der Waals surface area contributed by atoms with Gasteiger partial charge < -0.3 is 15.3 Å². The number of aliphatic hydroxyl groups is 1. The van der Waals surface area contributed by atoms with Crippen molar-refractivity contribution < 1.29 is 19.1 Å². The number of likely N-dealkylation sites (tertiary alicyclic amines) is 1. The largest absolute Gasteiger partial charge is 0.391 e. The highest BCUT2D eigenvalue weighted by molar-refractivity contribution is 5.90. The van der Waals surface area contributed by atoms with E-state index >= 15 is 0 Å². The fourth-order valence-corrected chi connectivity index (χ4v) is 4.65. The number of rotatable bonds is 7. The van der Waals surface area contributed by atoms with Crippen molar-refractivity contribution in [2.75, 3.05) is 6.54 Å². The maximum Gasteiger partial charge on any atom is 0.248 e. The lowest BCUT2D eigenvalue weighted by molar-refractivity contribution is -0.142. The van der Waals surface area contributed by atoms with Crippen molar-refractivity contribution in [3.63, 3.8) is 0 Å². The number of pyridine rings is 1. The molecule has 0 spiro atoms. The number of β-amino-alcohol motifs (C(OH)–C–C–N with tert-alkyl or cyclic N) is 1. The van der Waals surface area contributed by atoms with E-state index in [-0.39, 0.29) is 42.7 Å². The molecule has 0 saturated carbocycles. The Morgan fingerprint density at radius 2 is 1.89 bits per heavy atom. The number of carbonyl (C=O) groups excluding carboxylic acids is 2. The molecule has 3 atom stereocenters. The van der Waals surface area contributed by atoms with Gasteiger partial charge >= 0.3 is 0 Å². The maximum atomic E-state index is 14.0. The molecule has 1 aliphatic rings. The molecule has 9 nitrogen and oxygen atoms in total. The van der Waals surface area contributed by atoms with Crippen LogP contribution >= 0.6 is 0 Å². The molecule has 0 radical (unpaired) electrons. The van der Waals surface area contributed by atoms with E-state index in [2.05, 4.69) is 20.6 Å². The number of halogens is 1. The van der Waals surface area contributed by atoms with Crippen LogP contribution in [0.5, 0.6) is 0 Å². The molecule has 2 amide bonds. The van der Waals surface area contributed by atoms with Gasteiger partial charge in [-0.2, -0.15) is 0 Å². The van der Waals surface area contributed by atoms with Crippen molar-refractivity contribution in [1.29, 1.82) is 0 Å². The van der Waals surface area contributed by atoms with Gasteiger partial charge in [0.25, 0.3) is 0 Å². The Kier molecular flexibility index (Phi) is 7.91. The normalized spacial score (nSPS) is 18.6. The summed E-state index contributed by atoms with van der Waals surface area (Å²) in [7, 11) is 0. The van der Waals surface area contributed by atoms with Crippen molar-refractivity contribution in [3.8, 4) is 11.1 Å². The molecule has 0 aliphatic carbocycles. The van der Waals surface area contributed by atoms with Crippen LogP contribution in [0.15, 0.2) is 48.9 Å². The molecule has 3 aromatic rings. The summed E-state index contributed by atoms with van der Waals surface area (Å²) in [6.07, 6.45) is 3.85. The minimum absolute atomic E-state index is 0.0765. The number of hydrogen-bond acceptors (Lipinski definition) is 6. The summed E-state index contributed by atoms with van der Waals surface area (Å²) in [4.78, 5) is 32.1. The smallest absolute Gasteiger partial charge is 0.248 e. The maximum absolute atomic E-state index is 14.0. The molecule has 2 N–H and O–H groups in total. The van der Waals surface area contributed by atoms with Crippen molar-refractivity contribution >= 4 is 11.8 Å². The predicted molar refractivity (Wildman–Crippen MR) is 140 cm³/mol. The summed E-state index contributed by atoms with van der Waals surface area (Å²) in [5.41, 5.74) is 2.53. The zero-order chi connectivity index (χ0) is 27.6. The minimum Gasteiger partial charge on any atom is -0.391 e. The molecule has 202 valence electrons. The summed E-state index contributed by atoms with van der Waals surface area (Å²) in [6.45, 7) is 10.2. The van der Waals surface area contributed by atoms with E-state index in [1.807, 2.05) is 46.8 Å². The van der Waals surface area contributed by atoms with Gasteiger partial charge in [0.1, 0.15) is 17.9 Å². The number of nitrogens with one attached hydrogen (secondary N) is 1. The van der Waals surface area contributed by atoms with Gasteiger partial charge in [-0.25, -0.2) is 9.07 Å². The Labute approximate surface area is 222 Å². The van der Waals surface area contributed by atoms with E-state index in [1.165, 1.54) is 17.3 Å². The van der Waals surface area contributed by atoms with E-state index in [0.717, 1.165) is 11.3 Å². The second-order valence-corrected chi connectivity index (χ2v) is 11.2. The average Bonchev–Trinajstić information content (AvgIpc) is 3.50. The topological polar surface area (TPSA) is 113 Å². The second kappa shape index (κ2) is 11.0. The van der Waals surface area contributed by atoms with Gasteiger partial charge in [-0.05, 0) is 23.1 Å². The summed E-state index contributed by atoms with van der Waals surface area (Å²) in [5.74, 6) is -1.12. The third kappa shape index (κ3) is 5.91. The molecule has 38 heavy (non-hydrogen) atoms. The van der Waals surface area contributed by atoms with Crippen molar-refractivity contribution in [3.05, 3.63) is 66.0 Å². The zero-order valence-corrected chi connectivity index (χ0v) is 22.4. The number of nitrogens with zero attached hydrogens (tertiary/aromatic N) is 5. The van der Waals surface area contributed by atoms with Crippen LogP contribution in [0.3, 0.4) is 0 Å². The molecule has 2 aromatic heterocycles. The SMILES string of the molecule is CC(C)[C@@H](C(=O)N1C[C@H](O)C[C@H]1C(=O)NCc1ccc(-c2ccncc2F)cc1)n1cc(C(C)(C)C)nn1. The third-order valence-electron chi connectivity index (χ3n) is 6.82. The lowest BCUT2D eigenvalue weighted by Crippen LogP contribution is -2.49. The van der Waals surface area contributed by atoms with E-state index in [9.17, 15) is 19.1 Å². The van der Waals surface area contributed by atoms with Gasteiger partial charge in [0, 0.05) is 42.9 Å². The van der Waals surface area contributed by atoms with E-state index < -0.39 is 24.0 Å². The molecule has 1 fully saturated rings. The lowest BCUT2D eigenvalue weighted by Gasteiger charge is -2.29. The van der Waals surface area contributed by atoms with Crippen LogP contribution in [-0.4, -0.2) is 60.5 Å². The molecular formula is C28H35FN6O3. The van der Waals surface area contributed by atoms with Crippen LogP contribution in [-0.2, 0) is 21.5 Å². The summed E-state index contributed by atoms with van der Waals surface area (Å²) in [6, 6.07) is 7.35. The Bertz CT molecular complexity index is 1280. The first-order valence-corrected chi connectivity index (χ1v) is 12.8. The highest BCUT2D eigenvalue weighted by atomic mass is 19.1. The number of carbonyl (C=O) groups is 2.